The zero-order chi connectivity index (χ0) is 13.8. The van der Waals surface area contributed by atoms with Crippen LogP contribution in [-0.4, -0.2) is 64.0 Å². The summed E-state index contributed by atoms with van der Waals surface area (Å²) in [6.45, 7) is -1.67. The maximum Gasteiger partial charge on any atom is 0.263 e. The van der Waals surface area contributed by atoms with E-state index < -0.39 is 13.3 Å². The van der Waals surface area contributed by atoms with Crippen molar-refractivity contribution in [3.8, 4) is 0 Å². The minimum Gasteiger partial charge on any atom is -0.321 e. The Hall–Kier alpha value is 1.06. The maximum atomic E-state index is 5.41. The van der Waals surface area contributed by atoms with Crippen LogP contribution in [0.2, 0.25) is 0 Å². The van der Waals surface area contributed by atoms with E-state index in [4.69, 9.17) is 41.7 Å². The zero-order valence-corrected chi connectivity index (χ0v) is 14.5. The normalized spacial score (nSPS) is 20.2. The molecule has 1 saturated heterocycles. The summed E-state index contributed by atoms with van der Waals surface area (Å²) in [6, 6.07) is 0. The van der Waals surface area contributed by atoms with Gasteiger partial charge in [-0.05, 0) is 23.6 Å². The molecular formula is C8H20N2O4P2S2. The van der Waals surface area contributed by atoms with Crippen molar-refractivity contribution < 1.29 is 18.1 Å². The lowest BCUT2D eigenvalue weighted by Crippen LogP contribution is -2.43. The Morgan fingerprint density at radius 2 is 0.889 bits per heavy atom. The van der Waals surface area contributed by atoms with Crippen LogP contribution in [0.3, 0.4) is 0 Å². The Morgan fingerprint density at radius 3 is 1.06 bits per heavy atom. The molecule has 0 saturated carbocycles. The van der Waals surface area contributed by atoms with E-state index in [2.05, 4.69) is 9.34 Å². The molecule has 108 valence electrons. The van der Waals surface area contributed by atoms with Crippen LogP contribution in [0, 0.1) is 0 Å². The lowest BCUT2D eigenvalue weighted by molar-refractivity contribution is 0.191. The molecule has 1 aliphatic heterocycles. The van der Waals surface area contributed by atoms with Crippen LogP contribution in [0.1, 0.15) is 0 Å². The van der Waals surface area contributed by atoms with Gasteiger partial charge >= 0.3 is 0 Å². The van der Waals surface area contributed by atoms with Crippen molar-refractivity contribution in [1.82, 2.24) is 9.34 Å². The van der Waals surface area contributed by atoms with Crippen LogP contribution >= 0.6 is 13.3 Å². The first-order valence-electron chi connectivity index (χ1n) is 5.39. The van der Waals surface area contributed by atoms with Crippen LogP contribution in [-0.2, 0) is 41.7 Å². The Balaban J connectivity index is 2.67. The van der Waals surface area contributed by atoms with Crippen LogP contribution in [0.25, 0.3) is 0 Å². The molecule has 0 aromatic rings. The molecule has 0 atom stereocenters. The third kappa shape index (κ3) is 3.58. The van der Waals surface area contributed by atoms with Crippen LogP contribution in [0.15, 0.2) is 0 Å². The van der Waals surface area contributed by atoms with E-state index in [1.54, 1.807) is 28.4 Å². The summed E-state index contributed by atoms with van der Waals surface area (Å²) in [7, 11) is 6.35. The fourth-order valence-electron chi connectivity index (χ4n) is 1.79. The summed E-state index contributed by atoms with van der Waals surface area (Å²) in [5, 5.41) is 0. The van der Waals surface area contributed by atoms with E-state index in [-0.39, 0.29) is 0 Å². The number of nitrogens with zero attached hydrogens (tertiary/aromatic N) is 2. The van der Waals surface area contributed by atoms with Gasteiger partial charge in [0, 0.05) is 54.6 Å². The molecule has 0 aliphatic carbocycles. The highest BCUT2D eigenvalue weighted by molar-refractivity contribution is 8.09. The fraction of sp³-hybridized carbons (Fsp3) is 1.00. The molecule has 0 spiro atoms. The molecule has 0 unspecified atom stereocenters. The minimum atomic E-state index is -2.32. The molecule has 0 radical (unpaired) electrons. The van der Waals surface area contributed by atoms with E-state index in [1.807, 2.05) is 0 Å². The molecule has 0 bridgehead atoms. The van der Waals surface area contributed by atoms with Crippen LogP contribution < -0.4 is 0 Å². The number of rotatable bonds is 6. The highest BCUT2D eigenvalue weighted by Gasteiger charge is 2.35. The molecule has 0 amide bonds. The smallest absolute Gasteiger partial charge is 0.263 e. The van der Waals surface area contributed by atoms with E-state index >= 15 is 0 Å². The summed E-state index contributed by atoms with van der Waals surface area (Å²) in [5.74, 6) is 0. The van der Waals surface area contributed by atoms with E-state index in [1.165, 1.54) is 0 Å². The molecule has 1 aliphatic rings. The van der Waals surface area contributed by atoms with Crippen molar-refractivity contribution in [3.63, 3.8) is 0 Å². The third-order valence-electron chi connectivity index (χ3n) is 2.85. The van der Waals surface area contributed by atoms with Gasteiger partial charge in [-0.25, -0.2) is 9.34 Å². The first-order valence-corrected chi connectivity index (χ1v) is 10.6. The predicted molar refractivity (Wildman–Crippen MR) is 79.8 cm³/mol. The largest absolute Gasteiger partial charge is 0.321 e. The van der Waals surface area contributed by atoms with Crippen molar-refractivity contribution >= 4 is 36.9 Å². The average molecular weight is 334 g/mol. The van der Waals surface area contributed by atoms with Gasteiger partial charge in [-0.3, -0.25) is 0 Å². The van der Waals surface area contributed by atoms with Gasteiger partial charge in [0.1, 0.15) is 0 Å². The van der Waals surface area contributed by atoms with E-state index in [0.717, 1.165) is 26.2 Å². The Morgan fingerprint density at radius 1 is 0.667 bits per heavy atom. The van der Waals surface area contributed by atoms with Gasteiger partial charge in [0.15, 0.2) is 0 Å². The molecule has 0 aromatic heterocycles. The molecule has 6 nitrogen and oxygen atoms in total. The zero-order valence-electron chi connectivity index (χ0n) is 11.1. The van der Waals surface area contributed by atoms with Gasteiger partial charge in [-0.1, -0.05) is 0 Å². The molecule has 10 heteroatoms. The first-order chi connectivity index (χ1) is 8.45. The molecule has 0 aromatic carbocycles. The first kappa shape index (κ1) is 17.1. The average Bonchev–Trinajstić information content (AvgIpc) is 2.45. The second-order valence-electron chi connectivity index (χ2n) is 3.57. The number of hydrogen-bond acceptors (Lipinski definition) is 6. The van der Waals surface area contributed by atoms with Crippen LogP contribution in [0.4, 0.5) is 0 Å². The minimum absolute atomic E-state index is 0.740. The number of hydrogen-bond donors (Lipinski definition) is 0. The predicted octanol–water partition coefficient (Wildman–Crippen LogP) is 1.64. The summed E-state index contributed by atoms with van der Waals surface area (Å²) >= 11 is 10.8. The van der Waals surface area contributed by atoms with E-state index in [0.29, 0.717) is 0 Å². The SMILES string of the molecule is COP(=S)(OC)N1CCN(P(=S)(OC)OC)CC1. The lowest BCUT2D eigenvalue weighted by atomic mass is 10.4. The summed E-state index contributed by atoms with van der Waals surface area (Å²) in [5.41, 5.74) is 0. The highest BCUT2D eigenvalue weighted by atomic mass is 32.5. The van der Waals surface area contributed by atoms with Crippen molar-refractivity contribution in [2.45, 2.75) is 0 Å². The fourth-order valence-corrected chi connectivity index (χ4v) is 5.33. The van der Waals surface area contributed by atoms with Gasteiger partial charge in [0.05, 0.1) is 0 Å². The highest BCUT2D eigenvalue weighted by Crippen LogP contribution is 2.55. The molecule has 18 heavy (non-hydrogen) atoms. The Labute approximate surface area is 119 Å². The molecular weight excluding hydrogens is 314 g/mol. The molecule has 1 fully saturated rings. The van der Waals surface area contributed by atoms with Crippen molar-refractivity contribution in [2.75, 3.05) is 54.6 Å². The van der Waals surface area contributed by atoms with Gasteiger partial charge in [-0.2, -0.15) is 0 Å². The topological polar surface area (TPSA) is 43.4 Å². The molecule has 1 rings (SSSR count). The van der Waals surface area contributed by atoms with Gasteiger partial charge in [0.25, 0.3) is 13.3 Å². The second kappa shape index (κ2) is 7.18. The van der Waals surface area contributed by atoms with E-state index in [9.17, 15) is 0 Å². The number of piperazine rings is 1. The Bertz CT molecular complexity index is 313. The van der Waals surface area contributed by atoms with Gasteiger partial charge in [0.2, 0.25) is 0 Å². The van der Waals surface area contributed by atoms with Crippen LogP contribution in [0.5, 0.6) is 0 Å². The molecule has 1 heterocycles. The summed E-state index contributed by atoms with van der Waals surface area (Å²) < 4.78 is 25.4. The molecule has 0 N–H and O–H groups in total. The monoisotopic (exact) mass is 334 g/mol. The lowest BCUT2D eigenvalue weighted by Gasteiger charge is -2.41. The van der Waals surface area contributed by atoms with Gasteiger partial charge < -0.3 is 18.1 Å². The van der Waals surface area contributed by atoms with Crippen molar-refractivity contribution in [3.05, 3.63) is 0 Å². The summed E-state index contributed by atoms with van der Waals surface area (Å²) in [4.78, 5) is 0. The van der Waals surface area contributed by atoms with Crippen molar-refractivity contribution in [1.29, 1.82) is 0 Å². The Kier molecular flexibility index (Phi) is 6.82. The maximum absolute atomic E-state index is 5.41. The standard InChI is InChI=1S/C8H20N2O4P2S2/c1-11-15(17,12-2)9-5-7-10(8-6-9)16(18,13-3)14-4/h5-8H2,1-4H3. The third-order valence-corrected chi connectivity index (χ3v) is 10.1. The van der Waals surface area contributed by atoms with Crippen molar-refractivity contribution in [2.24, 2.45) is 0 Å². The second-order valence-corrected chi connectivity index (χ2v) is 10.8. The van der Waals surface area contributed by atoms with Gasteiger partial charge in [-0.15, -0.1) is 0 Å². The quantitative estimate of drug-likeness (QED) is 0.679. The summed E-state index contributed by atoms with van der Waals surface area (Å²) in [6.07, 6.45) is 0.